The molecular weight excluding hydrogens is 321 g/mol. The van der Waals surface area contributed by atoms with Crippen molar-refractivity contribution in [2.75, 3.05) is 10.6 Å². The van der Waals surface area contributed by atoms with E-state index in [1.165, 1.54) is 42.5 Å². The van der Waals surface area contributed by atoms with Crippen LogP contribution in [0.1, 0.15) is 0 Å². The normalized spacial score (nSPS) is 10.7. The lowest BCUT2D eigenvalue weighted by molar-refractivity contribution is -0.112. The number of nitrogens with one attached hydrogen (secondary N) is 2. The van der Waals surface area contributed by atoms with E-state index in [0.29, 0.717) is 10.7 Å². The van der Waals surface area contributed by atoms with Crippen molar-refractivity contribution in [1.29, 1.82) is 5.26 Å². The van der Waals surface area contributed by atoms with E-state index in [-0.39, 0.29) is 17.0 Å². The topological polar surface area (TPSA) is 85.2 Å². The smallest absolute Gasteiger partial charge is 0.267 e. The van der Waals surface area contributed by atoms with Gasteiger partial charge in [0.25, 0.3) is 5.91 Å². The van der Waals surface area contributed by atoms with Gasteiger partial charge in [0.2, 0.25) is 0 Å². The molecule has 0 radical (unpaired) electrons. The van der Waals surface area contributed by atoms with Crippen LogP contribution < -0.4 is 10.6 Å². The summed E-state index contributed by atoms with van der Waals surface area (Å²) in [5.41, 5.74) is 0.372. The molecule has 0 fully saturated rings. The molecule has 5 nitrogen and oxygen atoms in total. The quantitative estimate of drug-likeness (QED) is 0.453. The Kier molecular flexibility index (Phi) is 5.18. The standard InChI is InChI=1S/C16H11ClFN3O2/c17-11-1-6-15(22)14(7-11)20-9-10(8-19)16(23)21-13-4-2-12(18)3-5-13/h1-7,9,20,22H,(H,21,23)/b10-9-. The highest BCUT2D eigenvalue weighted by atomic mass is 35.5. The third-order valence-corrected chi connectivity index (χ3v) is 3.03. The van der Waals surface area contributed by atoms with E-state index in [1.54, 1.807) is 6.07 Å². The van der Waals surface area contributed by atoms with Gasteiger partial charge in [-0.1, -0.05) is 11.6 Å². The minimum atomic E-state index is -0.673. The Labute approximate surface area is 136 Å². The molecule has 0 bridgehead atoms. The maximum Gasteiger partial charge on any atom is 0.267 e. The Bertz CT molecular complexity index is 798. The molecule has 3 N–H and O–H groups in total. The third-order valence-electron chi connectivity index (χ3n) is 2.80. The van der Waals surface area contributed by atoms with Crippen LogP contribution in [0.2, 0.25) is 5.02 Å². The molecule has 0 saturated carbocycles. The maximum atomic E-state index is 12.8. The van der Waals surface area contributed by atoms with Crippen LogP contribution in [0.5, 0.6) is 5.75 Å². The highest BCUT2D eigenvalue weighted by Gasteiger charge is 2.10. The van der Waals surface area contributed by atoms with Crippen molar-refractivity contribution in [3.05, 3.63) is 65.1 Å². The minimum Gasteiger partial charge on any atom is -0.506 e. The van der Waals surface area contributed by atoms with Gasteiger partial charge in [0.05, 0.1) is 5.69 Å². The monoisotopic (exact) mass is 331 g/mol. The Morgan fingerprint density at radius 1 is 1.26 bits per heavy atom. The number of phenolic OH excluding ortho intramolecular Hbond substituents is 1. The molecule has 0 aromatic heterocycles. The lowest BCUT2D eigenvalue weighted by Gasteiger charge is -2.06. The van der Waals surface area contributed by atoms with E-state index in [2.05, 4.69) is 10.6 Å². The summed E-state index contributed by atoms with van der Waals surface area (Å²) in [6.45, 7) is 0. The summed E-state index contributed by atoms with van der Waals surface area (Å²) in [6, 6.07) is 11.2. The first-order valence-corrected chi connectivity index (χ1v) is 6.79. The summed E-state index contributed by atoms with van der Waals surface area (Å²) in [5.74, 6) is -1.19. The second-order valence-corrected chi connectivity index (χ2v) is 4.87. The van der Waals surface area contributed by atoms with Gasteiger partial charge in [0.15, 0.2) is 0 Å². The highest BCUT2D eigenvalue weighted by Crippen LogP contribution is 2.26. The van der Waals surface area contributed by atoms with E-state index in [0.717, 1.165) is 6.20 Å². The van der Waals surface area contributed by atoms with Crippen molar-refractivity contribution in [3.8, 4) is 11.8 Å². The number of nitriles is 1. The number of aromatic hydroxyl groups is 1. The van der Waals surface area contributed by atoms with Gasteiger partial charge in [-0.2, -0.15) is 5.26 Å². The van der Waals surface area contributed by atoms with Crippen molar-refractivity contribution >= 4 is 28.9 Å². The molecule has 2 aromatic rings. The van der Waals surface area contributed by atoms with Gasteiger partial charge in [0, 0.05) is 16.9 Å². The fraction of sp³-hybridized carbons (Fsp3) is 0. The van der Waals surface area contributed by atoms with Gasteiger partial charge in [-0.15, -0.1) is 0 Å². The van der Waals surface area contributed by atoms with Crippen molar-refractivity contribution in [2.24, 2.45) is 0 Å². The molecule has 0 aliphatic rings. The van der Waals surface area contributed by atoms with Crippen LogP contribution in [0.25, 0.3) is 0 Å². The van der Waals surface area contributed by atoms with Gasteiger partial charge in [-0.3, -0.25) is 4.79 Å². The van der Waals surface area contributed by atoms with Crippen LogP contribution in [0.15, 0.2) is 54.2 Å². The van der Waals surface area contributed by atoms with Gasteiger partial charge in [0.1, 0.15) is 23.2 Å². The lowest BCUT2D eigenvalue weighted by atomic mass is 10.2. The number of amides is 1. The summed E-state index contributed by atoms with van der Waals surface area (Å²) < 4.78 is 12.8. The van der Waals surface area contributed by atoms with Crippen LogP contribution in [-0.2, 0) is 4.79 Å². The van der Waals surface area contributed by atoms with Crippen molar-refractivity contribution in [1.82, 2.24) is 0 Å². The van der Waals surface area contributed by atoms with Crippen LogP contribution in [0.4, 0.5) is 15.8 Å². The third kappa shape index (κ3) is 4.46. The molecule has 0 aliphatic carbocycles. The fourth-order valence-corrected chi connectivity index (χ4v) is 1.83. The number of phenols is 1. The lowest BCUT2D eigenvalue weighted by Crippen LogP contribution is -2.14. The molecule has 0 unspecified atom stereocenters. The number of carbonyl (C=O) groups excluding carboxylic acids is 1. The van der Waals surface area contributed by atoms with E-state index < -0.39 is 11.7 Å². The van der Waals surface area contributed by atoms with Crippen LogP contribution in [-0.4, -0.2) is 11.0 Å². The number of carbonyl (C=O) groups is 1. The second kappa shape index (κ2) is 7.29. The molecule has 0 saturated heterocycles. The minimum absolute atomic E-state index is 0.0816. The van der Waals surface area contributed by atoms with Crippen molar-refractivity contribution < 1.29 is 14.3 Å². The van der Waals surface area contributed by atoms with Gasteiger partial charge in [-0.25, -0.2) is 4.39 Å². The highest BCUT2D eigenvalue weighted by molar-refractivity contribution is 6.30. The molecule has 0 atom stereocenters. The molecule has 2 aromatic carbocycles. The maximum absolute atomic E-state index is 12.8. The molecule has 116 valence electrons. The number of benzene rings is 2. The van der Waals surface area contributed by atoms with E-state index >= 15 is 0 Å². The number of anilines is 2. The molecule has 1 amide bonds. The zero-order chi connectivity index (χ0) is 16.8. The average molecular weight is 332 g/mol. The van der Waals surface area contributed by atoms with Gasteiger partial charge < -0.3 is 15.7 Å². The SMILES string of the molecule is N#C/C(=C/Nc1cc(Cl)ccc1O)C(=O)Nc1ccc(F)cc1. The predicted octanol–water partition coefficient (Wildman–Crippen LogP) is 3.64. The van der Waals surface area contributed by atoms with Crippen LogP contribution in [0.3, 0.4) is 0 Å². The zero-order valence-corrected chi connectivity index (χ0v) is 12.4. The average Bonchev–Trinajstić information content (AvgIpc) is 2.53. The summed E-state index contributed by atoms with van der Waals surface area (Å²) in [4.78, 5) is 12.0. The Hall–Kier alpha value is -3.04. The number of nitrogens with zero attached hydrogens (tertiary/aromatic N) is 1. The van der Waals surface area contributed by atoms with Crippen LogP contribution in [0, 0.1) is 17.1 Å². The number of halogens is 2. The summed E-state index contributed by atoms with van der Waals surface area (Å²) in [6.07, 6.45) is 1.14. The molecule has 0 aliphatic heterocycles. The fourth-order valence-electron chi connectivity index (χ4n) is 1.65. The first-order valence-electron chi connectivity index (χ1n) is 6.42. The van der Waals surface area contributed by atoms with E-state index in [4.69, 9.17) is 16.9 Å². The second-order valence-electron chi connectivity index (χ2n) is 4.44. The Balaban J connectivity index is 2.12. The zero-order valence-electron chi connectivity index (χ0n) is 11.7. The van der Waals surface area contributed by atoms with E-state index in [9.17, 15) is 14.3 Å². The first-order chi connectivity index (χ1) is 11.0. The molecule has 0 heterocycles. The van der Waals surface area contributed by atoms with Crippen molar-refractivity contribution in [2.45, 2.75) is 0 Å². The van der Waals surface area contributed by atoms with E-state index in [1.807, 2.05) is 0 Å². The summed E-state index contributed by atoms with van der Waals surface area (Å²) >= 11 is 5.80. The van der Waals surface area contributed by atoms with Gasteiger partial charge in [-0.05, 0) is 42.5 Å². The van der Waals surface area contributed by atoms with Crippen molar-refractivity contribution in [3.63, 3.8) is 0 Å². The number of hydrogen-bond acceptors (Lipinski definition) is 4. The first kappa shape index (κ1) is 16.3. The number of rotatable bonds is 4. The Morgan fingerprint density at radius 3 is 2.61 bits per heavy atom. The molecule has 7 heteroatoms. The molecule has 2 rings (SSSR count). The largest absolute Gasteiger partial charge is 0.506 e. The van der Waals surface area contributed by atoms with Gasteiger partial charge >= 0.3 is 0 Å². The van der Waals surface area contributed by atoms with Crippen LogP contribution >= 0.6 is 11.6 Å². The summed E-state index contributed by atoms with van der Waals surface area (Å²) in [5, 5.41) is 24.2. The number of hydrogen-bond donors (Lipinski definition) is 3. The Morgan fingerprint density at radius 2 is 1.96 bits per heavy atom. The predicted molar refractivity (Wildman–Crippen MR) is 85.5 cm³/mol. The molecule has 23 heavy (non-hydrogen) atoms. The molecule has 0 spiro atoms. The summed E-state index contributed by atoms with van der Waals surface area (Å²) in [7, 11) is 0. The molecular formula is C16H11ClFN3O2.